The second-order valence-electron chi connectivity index (χ2n) is 4.91. The molecule has 0 atom stereocenters. The molecule has 0 bridgehead atoms. The van der Waals surface area contributed by atoms with Crippen molar-refractivity contribution in [2.75, 3.05) is 12.9 Å². The van der Waals surface area contributed by atoms with E-state index in [-0.39, 0.29) is 17.8 Å². The van der Waals surface area contributed by atoms with Gasteiger partial charge >= 0.3 is 11.7 Å². The van der Waals surface area contributed by atoms with E-state index in [1.54, 1.807) is 25.3 Å². The van der Waals surface area contributed by atoms with Crippen LogP contribution in [0.1, 0.15) is 22.8 Å². The number of hydrogen-bond donors (Lipinski definition) is 0. The van der Waals surface area contributed by atoms with E-state index in [1.807, 2.05) is 19.1 Å². The van der Waals surface area contributed by atoms with Gasteiger partial charge in [0.05, 0.1) is 12.3 Å². The van der Waals surface area contributed by atoms with Crippen LogP contribution in [0.2, 0.25) is 0 Å². The minimum absolute atomic E-state index is 0.0904. The van der Waals surface area contributed by atoms with Crippen LogP contribution in [0, 0.1) is 6.92 Å². The van der Waals surface area contributed by atoms with Crippen molar-refractivity contribution in [3.8, 4) is 5.69 Å². The van der Waals surface area contributed by atoms with Crippen molar-refractivity contribution in [1.29, 1.82) is 0 Å². The van der Waals surface area contributed by atoms with Crippen molar-refractivity contribution in [1.82, 2.24) is 24.6 Å². The van der Waals surface area contributed by atoms with Gasteiger partial charge in [-0.25, -0.2) is 9.59 Å². The summed E-state index contributed by atoms with van der Waals surface area (Å²) in [7, 11) is 0. The third-order valence-electron chi connectivity index (χ3n) is 3.44. The summed E-state index contributed by atoms with van der Waals surface area (Å²) >= 11 is 1.24. The first-order valence-corrected chi connectivity index (χ1v) is 8.46. The molecule has 8 nitrogen and oxygen atoms in total. The van der Waals surface area contributed by atoms with Gasteiger partial charge in [0.15, 0.2) is 5.65 Å². The molecule has 0 aliphatic rings. The second kappa shape index (κ2) is 6.44. The lowest BCUT2D eigenvalue weighted by Gasteiger charge is -2.06. The van der Waals surface area contributed by atoms with Crippen LogP contribution in [-0.4, -0.2) is 43.4 Å². The molecule has 124 valence electrons. The van der Waals surface area contributed by atoms with Crippen molar-refractivity contribution < 1.29 is 9.53 Å². The normalized spacial score (nSPS) is 11.0. The summed E-state index contributed by atoms with van der Waals surface area (Å²) in [5.74, 6) is -0.570. The van der Waals surface area contributed by atoms with Gasteiger partial charge in [0.2, 0.25) is 0 Å². The van der Waals surface area contributed by atoms with E-state index in [9.17, 15) is 9.59 Å². The molecule has 24 heavy (non-hydrogen) atoms. The van der Waals surface area contributed by atoms with Gasteiger partial charge in [-0.2, -0.15) is 14.3 Å². The predicted octanol–water partition coefficient (Wildman–Crippen LogP) is 1.48. The number of para-hydroxylation sites is 1. The maximum absolute atomic E-state index is 12.7. The Labute approximate surface area is 141 Å². The van der Waals surface area contributed by atoms with E-state index in [2.05, 4.69) is 15.4 Å². The first-order chi connectivity index (χ1) is 11.6. The highest BCUT2D eigenvalue weighted by atomic mass is 32.2. The molecule has 0 aliphatic carbocycles. The van der Waals surface area contributed by atoms with Crippen molar-refractivity contribution in [3.63, 3.8) is 0 Å². The molecular formula is C15H15N5O3S. The van der Waals surface area contributed by atoms with Crippen LogP contribution in [-0.2, 0) is 4.74 Å². The molecule has 0 radical (unpaired) electrons. The lowest BCUT2D eigenvalue weighted by molar-refractivity contribution is 0.0524. The van der Waals surface area contributed by atoms with Crippen LogP contribution in [0.4, 0.5) is 0 Å². The third-order valence-corrected chi connectivity index (χ3v) is 4.11. The van der Waals surface area contributed by atoms with Crippen molar-refractivity contribution in [2.24, 2.45) is 0 Å². The fraction of sp³-hybridized carbons (Fsp3) is 0.267. The van der Waals surface area contributed by atoms with Crippen molar-refractivity contribution in [2.45, 2.75) is 18.9 Å². The van der Waals surface area contributed by atoms with E-state index in [0.717, 1.165) is 14.8 Å². The highest BCUT2D eigenvalue weighted by Crippen LogP contribution is 2.22. The number of aromatic nitrogens is 5. The molecule has 9 heteroatoms. The monoisotopic (exact) mass is 345 g/mol. The Balaban J connectivity index is 2.26. The largest absolute Gasteiger partial charge is 0.462 e. The van der Waals surface area contributed by atoms with E-state index < -0.39 is 11.7 Å². The Morgan fingerprint density at radius 3 is 2.75 bits per heavy atom. The quantitative estimate of drug-likeness (QED) is 0.522. The highest BCUT2D eigenvalue weighted by molar-refractivity contribution is 7.98. The number of ether oxygens (including phenoxy) is 1. The average Bonchev–Trinajstić information content (AvgIpc) is 2.96. The number of rotatable bonds is 4. The summed E-state index contributed by atoms with van der Waals surface area (Å²) < 4.78 is 7.27. The van der Waals surface area contributed by atoms with Gasteiger partial charge in [-0.05, 0) is 31.7 Å². The van der Waals surface area contributed by atoms with Crippen molar-refractivity contribution >= 4 is 23.4 Å². The molecular weight excluding hydrogens is 330 g/mol. The summed E-state index contributed by atoms with van der Waals surface area (Å²) in [4.78, 5) is 24.9. The smallest absolute Gasteiger partial charge is 0.373 e. The molecule has 0 spiro atoms. The number of fused-ring (bicyclic) bond motifs is 1. The van der Waals surface area contributed by atoms with Gasteiger partial charge in [-0.3, -0.25) is 0 Å². The van der Waals surface area contributed by atoms with E-state index in [4.69, 9.17) is 4.74 Å². The SMILES string of the molecule is CCOC(=O)c1c(SC)nn2c(=O)n(-c3ccccc3C)nnc12. The highest BCUT2D eigenvalue weighted by Gasteiger charge is 2.24. The molecule has 0 aliphatic heterocycles. The first kappa shape index (κ1) is 16.2. The molecule has 0 saturated heterocycles. The summed E-state index contributed by atoms with van der Waals surface area (Å²) in [6.45, 7) is 3.80. The second-order valence-corrected chi connectivity index (χ2v) is 5.71. The number of hydrogen-bond acceptors (Lipinski definition) is 7. The zero-order valence-corrected chi connectivity index (χ0v) is 14.2. The van der Waals surface area contributed by atoms with Crippen LogP contribution >= 0.6 is 11.8 Å². The van der Waals surface area contributed by atoms with Crippen molar-refractivity contribution in [3.05, 3.63) is 45.9 Å². The maximum Gasteiger partial charge on any atom is 0.373 e. The van der Waals surface area contributed by atoms with Crippen LogP contribution in [0.25, 0.3) is 11.3 Å². The number of aryl methyl sites for hydroxylation is 1. The fourth-order valence-corrected chi connectivity index (χ4v) is 2.85. The maximum atomic E-state index is 12.7. The molecule has 2 heterocycles. The molecule has 0 amide bonds. The standard InChI is InChI=1S/C15H15N5O3S/c1-4-23-14(21)11-12-16-18-19(10-8-6-5-7-9(10)2)15(22)20(12)17-13(11)24-3/h5-8H,4H2,1-3H3. The van der Waals surface area contributed by atoms with Crippen LogP contribution in [0.5, 0.6) is 0 Å². The van der Waals surface area contributed by atoms with Crippen LogP contribution in [0.3, 0.4) is 0 Å². The van der Waals surface area contributed by atoms with Gasteiger partial charge in [-0.15, -0.1) is 16.9 Å². The molecule has 0 N–H and O–H groups in total. The molecule has 0 fully saturated rings. The summed E-state index contributed by atoms with van der Waals surface area (Å²) in [5, 5.41) is 12.6. The Morgan fingerprint density at radius 1 is 1.33 bits per heavy atom. The van der Waals surface area contributed by atoms with Gasteiger partial charge < -0.3 is 4.74 Å². The van der Waals surface area contributed by atoms with E-state index >= 15 is 0 Å². The van der Waals surface area contributed by atoms with Gasteiger partial charge in [-0.1, -0.05) is 23.4 Å². The molecule has 3 aromatic rings. The summed E-state index contributed by atoms with van der Waals surface area (Å²) in [6, 6.07) is 7.31. The number of thioether (sulfide) groups is 1. The number of nitrogens with zero attached hydrogens (tertiary/aromatic N) is 5. The topological polar surface area (TPSA) is 91.4 Å². The van der Waals surface area contributed by atoms with Gasteiger partial charge in [0.1, 0.15) is 10.6 Å². The zero-order chi connectivity index (χ0) is 17.3. The average molecular weight is 345 g/mol. The summed E-state index contributed by atoms with van der Waals surface area (Å²) in [5.41, 5.74) is 1.23. The third kappa shape index (κ3) is 2.56. The van der Waals surface area contributed by atoms with Crippen LogP contribution < -0.4 is 5.69 Å². The Morgan fingerprint density at radius 2 is 2.08 bits per heavy atom. The molecule has 0 saturated carbocycles. The number of carbonyl (C=O) groups excluding carboxylic acids is 1. The summed E-state index contributed by atoms with van der Waals surface area (Å²) in [6.07, 6.45) is 1.76. The van der Waals surface area contributed by atoms with Gasteiger partial charge in [0.25, 0.3) is 0 Å². The molecule has 2 aromatic heterocycles. The molecule has 3 rings (SSSR count). The first-order valence-electron chi connectivity index (χ1n) is 7.24. The number of esters is 1. The Kier molecular flexibility index (Phi) is 4.34. The molecule has 1 aromatic carbocycles. The number of benzene rings is 1. The van der Waals surface area contributed by atoms with Crippen LogP contribution in [0.15, 0.2) is 34.1 Å². The van der Waals surface area contributed by atoms with E-state index in [0.29, 0.717) is 10.7 Å². The lowest BCUT2D eigenvalue weighted by Crippen LogP contribution is -2.30. The zero-order valence-electron chi connectivity index (χ0n) is 13.4. The Bertz CT molecular complexity index is 979. The Hall–Kier alpha value is -2.68. The lowest BCUT2D eigenvalue weighted by atomic mass is 10.2. The number of carbonyl (C=O) groups is 1. The minimum atomic E-state index is -0.570. The molecule has 0 unspecified atom stereocenters. The minimum Gasteiger partial charge on any atom is -0.462 e. The van der Waals surface area contributed by atoms with Gasteiger partial charge in [0, 0.05) is 0 Å². The predicted molar refractivity (Wildman–Crippen MR) is 88.9 cm³/mol. The fourth-order valence-electron chi connectivity index (χ4n) is 2.31. The van der Waals surface area contributed by atoms with E-state index in [1.165, 1.54) is 11.8 Å².